The Morgan fingerprint density at radius 1 is 1.16 bits per heavy atom. The van der Waals surface area contributed by atoms with E-state index in [-0.39, 0.29) is 31.2 Å². The highest BCUT2D eigenvalue weighted by atomic mass is 19.3. The van der Waals surface area contributed by atoms with Crippen LogP contribution in [0.5, 0.6) is 0 Å². The third-order valence-corrected chi connectivity index (χ3v) is 4.30. The van der Waals surface area contributed by atoms with Crippen LogP contribution in [0.4, 0.5) is 8.78 Å². The van der Waals surface area contributed by atoms with Crippen molar-refractivity contribution in [2.45, 2.75) is 64.3 Å². The van der Waals surface area contributed by atoms with E-state index in [1.165, 1.54) is 0 Å². The number of halogens is 2. The first-order valence-electron chi connectivity index (χ1n) is 7.29. The minimum absolute atomic E-state index is 0.0677. The van der Waals surface area contributed by atoms with Gasteiger partial charge in [-0.15, -0.1) is 0 Å². The van der Waals surface area contributed by atoms with E-state index in [0.29, 0.717) is 12.6 Å². The third-order valence-electron chi connectivity index (χ3n) is 4.30. The SMILES string of the molecule is CC(C)N1CCOC(C2CC(F)(F)CN2C(C)C)C1. The lowest BCUT2D eigenvalue weighted by Crippen LogP contribution is -2.54. The topological polar surface area (TPSA) is 15.7 Å². The van der Waals surface area contributed by atoms with Gasteiger partial charge in [0.25, 0.3) is 5.92 Å². The molecule has 2 unspecified atom stereocenters. The molecule has 0 N–H and O–H groups in total. The van der Waals surface area contributed by atoms with Crippen LogP contribution in [-0.4, -0.2) is 66.2 Å². The standard InChI is InChI=1S/C14H26F2N2O/c1-10(2)17-5-6-19-13(8-17)12-7-14(15,16)9-18(12)11(3)4/h10-13H,5-9H2,1-4H3. The largest absolute Gasteiger partial charge is 0.374 e. The lowest BCUT2D eigenvalue weighted by Gasteiger charge is -2.41. The zero-order valence-corrected chi connectivity index (χ0v) is 12.4. The van der Waals surface area contributed by atoms with Crippen molar-refractivity contribution in [1.82, 2.24) is 9.80 Å². The van der Waals surface area contributed by atoms with Crippen LogP contribution in [0.3, 0.4) is 0 Å². The molecule has 19 heavy (non-hydrogen) atoms. The minimum atomic E-state index is -2.57. The first-order chi connectivity index (χ1) is 8.80. The molecule has 0 aliphatic carbocycles. The molecule has 0 saturated carbocycles. The summed E-state index contributed by atoms with van der Waals surface area (Å²) in [5.41, 5.74) is 0. The predicted octanol–water partition coefficient (Wildman–Crippen LogP) is 2.21. The molecule has 2 saturated heterocycles. The number of likely N-dealkylation sites (tertiary alicyclic amines) is 1. The summed E-state index contributed by atoms with van der Waals surface area (Å²) in [5, 5.41) is 0. The van der Waals surface area contributed by atoms with Gasteiger partial charge < -0.3 is 4.74 Å². The van der Waals surface area contributed by atoms with E-state index < -0.39 is 5.92 Å². The number of morpholine rings is 1. The van der Waals surface area contributed by atoms with E-state index in [4.69, 9.17) is 4.74 Å². The maximum absolute atomic E-state index is 13.7. The molecule has 2 aliphatic rings. The molecule has 3 nitrogen and oxygen atoms in total. The number of hydrogen-bond acceptors (Lipinski definition) is 3. The Morgan fingerprint density at radius 3 is 2.42 bits per heavy atom. The van der Waals surface area contributed by atoms with Crippen molar-refractivity contribution >= 4 is 0 Å². The molecule has 0 spiro atoms. The number of rotatable bonds is 3. The summed E-state index contributed by atoms with van der Waals surface area (Å²) in [6.45, 7) is 10.4. The van der Waals surface area contributed by atoms with E-state index in [1.807, 2.05) is 18.7 Å². The van der Waals surface area contributed by atoms with Gasteiger partial charge in [-0.25, -0.2) is 8.78 Å². The zero-order chi connectivity index (χ0) is 14.2. The maximum atomic E-state index is 13.7. The Bertz CT molecular complexity index is 310. The van der Waals surface area contributed by atoms with Crippen molar-refractivity contribution in [1.29, 1.82) is 0 Å². The minimum Gasteiger partial charge on any atom is -0.374 e. The van der Waals surface area contributed by atoms with Gasteiger partial charge in [0.2, 0.25) is 0 Å². The molecular formula is C14H26F2N2O. The zero-order valence-electron chi connectivity index (χ0n) is 12.4. The lowest BCUT2D eigenvalue weighted by atomic mass is 10.0. The summed E-state index contributed by atoms with van der Waals surface area (Å²) in [6, 6.07) is 0.425. The highest BCUT2D eigenvalue weighted by molar-refractivity contribution is 4.97. The summed E-state index contributed by atoms with van der Waals surface area (Å²) in [5.74, 6) is -2.57. The fourth-order valence-corrected chi connectivity index (χ4v) is 3.18. The van der Waals surface area contributed by atoms with Gasteiger partial charge in [0.1, 0.15) is 0 Å². The van der Waals surface area contributed by atoms with E-state index in [9.17, 15) is 8.78 Å². The molecule has 112 valence electrons. The van der Waals surface area contributed by atoms with Crippen molar-refractivity contribution in [2.75, 3.05) is 26.2 Å². The lowest BCUT2D eigenvalue weighted by molar-refractivity contribution is -0.0760. The molecular weight excluding hydrogens is 250 g/mol. The van der Waals surface area contributed by atoms with Crippen molar-refractivity contribution in [2.24, 2.45) is 0 Å². The van der Waals surface area contributed by atoms with Gasteiger partial charge >= 0.3 is 0 Å². The number of ether oxygens (including phenoxy) is 1. The summed E-state index contributed by atoms with van der Waals surface area (Å²) in [6.07, 6.45) is -0.158. The smallest absolute Gasteiger partial charge is 0.262 e. The monoisotopic (exact) mass is 276 g/mol. The van der Waals surface area contributed by atoms with Gasteiger partial charge in [0, 0.05) is 37.6 Å². The normalized spacial score (nSPS) is 33.5. The summed E-state index contributed by atoms with van der Waals surface area (Å²) >= 11 is 0. The molecule has 0 aromatic heterocycles. The van der Waals surface area contributed by atoms with Crippen LogP contribution < -0.4 is 0 Å². The highest BCUT2D eigenvalue weighted by Crippen LogP contribution is 2.36. The van der Waals surface area contributed by atoms with E-state index in [2.05, 4.69) is 18.7 Å². The molecule has 2 aliphatic heterocycles. The van der Waals surface area contributed by atoms with Crippen LogP contribution in [0.15, 0.2) is 0 Å². The first-order valence-corrected chi connectivity index (χ1v) is 7.29. The Labute approximate surface area is 114 Å². The van der Waals surface area contributed by atoms with E-state index in [0.717, 1.165) is 13.1 Å². The summed E-state index contributed by atoms with van der Waals surface area (Å²) < 4.78 is 33.2. The van der Waals surface area contributed by atoms with Crippen molar-refractivity contribution in [3.05, 3.63) is 0 Å². The Morgan fingerprint density at radius 2 is 1.84 bits per heavy atom. The molecule has 2 heterocycles. The third kappa shape index (κ3) is 3.44. The van der Waals surface area contributed by atoms with Crippen LogP contribution in [0.1, 0.15) is 34.1 Å². The average molecular weight is 276 g/mol. The highest BCUT2D eigenvalue weighted by Gasteiger charge is 2.49. The molecule has 5 heteroatoms. The van der Waals surface area contributed by atoms with Crippen LogP contribution in [0, 0.1) is 0 Å². The van der Waals surface area contributed by atoms with Gasteiger partial charge in [0.15, 0.2) is 0 Å². The van der Waals surface area contributed by atoms with Gasteiger partial charge in [-0.2, -0.15) is 0 Å². The number of hydrogen-bond donors (Lipinski definition) is 0. The van der Waals surface area contributed by atoms with Gasteiger partial charge in [-0.1, -0.05) is 0 Å². The van der Waals surface area contributed by atoms with Crippen LogP contribution in [0.25, 0.3) is 0 Å². The molecule has 2 fully saturated rings. The molecule has 2 atom stereocenters. The maximum Gasteiger partial charge on any atom is 0.262 e. The second-order valence-corrected chi connectivity index (χ2v) is 6.39. The fourth-order valence-electron chi connectivity index (χ4n) is 3.18. The van der Waals surface area contributed by atoms with Gasteiger partial charge in [-0.05, 0) is 27.7 Å². The van der Waals surface area contributed by atoms with E-state index in [1.54, 1.807) is 0 Å². The molecule has 0 aromatic carbocycles. The Kier molecular flexibility index (Phi) is 4.48. The van der Waals surface area contributed by atoms with Crippen LogP contribution in [0.2, 0.25) is 0 Å². The second kappa shape index (κ2) is 5.62. The summed E-state index contributed by atoms with van der Waals surface area (Å²) in [4.78, 5) is 4.23. The molecule has 0 aromatic rings. The molecule has 0 radical (unpaired) electrons. The van der Waals surface area contributed by atoms with Gasteiger partial charge in [0.05, 0.1) is 19.3 Å². The fraction of sp³-hybridized carbons (Fsp3) is 1.00. The van der Waals surface area contributed by atoms with Crippen molar-refractivity contribution < 1.29 is 13.5 Å². The molecule has 0 bridgehead atoms. The van der Waals surface area contributed by atoms with Crippen LogP contribution >= 0.6 is 0 Å². The predicted molar refractivity (Wildman–Crippen MR) is 71.6 cm³/mol. The van der Waals surface area contributed by atoms with E-state index >= 15 is 0 Å². The van der Waals surface area contributed by atoms with Crippen LogP contribution in [-0.2, 0) is 4.74 Å². The van der Waals surface area contributed by atoms with Crippen molar-refractivity contribution in [3.8, 4) is 0 Å². The number of alkyl halides is 2. The quantitative estimate of drug-likeness (QED) is 0.786. The van der Waals surface area contributed by atoms with Gasteiger partial charge in [-0.3, -0.25) is 9.80 Å². The molecule has 2 rings (SSSR count). The summed E-state index contributed by atoms with van der Waals surface area (Å²) in [7, 11) is 0. The molecule has 0 amide bonds. The average Bonchev–Trinajstić information content (AvgIpc) is 2.66. The number of nitrogens with zero attached hydrogens (tertiary/aromatic N) is 2. The first kappa shape index (κ1) is 15.1. The Hall–Kier alpha value is -0.260. The van der Waals surface area contributed by atoms with Crippen molar-refractivity contribution in [3.63, 3.8) is 0 Å². The Balaban J connectivity index is 2.06. The second-order valence-electron chi connectivity index (χ2n) is 6.39.